The highest BCUT2D eigenvalue weighted by Gasteiger charge is 2.10. The third-order valence-electron chi connectivity index (χ3n) is 3.66. The molecule has 5 heteroatoms. The van der Waals surface area contributed by atoms with Gasteiger partial charge in [0.25, 0.3) is 5.91 Å². The largest absolute Gasteiger partial charge is 0.497 e. The number of amides is 1. The summed E-state index contributed by atoms with van der Waals surface area (Å²) >= 11 is 0. The fourth-order valence-corrected chi connectivity index (χ4v) is 2.36. The molecule has 1 unspecified atom stereocenters. The predicted molar refractivity (Wildman–Crippen MR) is 97.5 cm³/mol. The zero-order chi connectivity index (χ0) is 18.2. The Balaban J connectivity index is 1.73. The summed E-state index contributed by atoms with van der Waals surface area (Å²) in [5, 5.41) is 2.86. The van der Waals surface area contributed by atoms with E-state index in [2.05, 4.69) is 5.32 Å². The van der Waals surface area contributed by atoms with Gasteiger partial charge in [0.1, 0.15) is 23.9 Å². The summed E-state index contributed by atoms with van der Waals surface area (Å²) in [5.41, 5.74) is 2.18. The normalized spacial score (nSPS) is 11.5. The average Bonchev–Trinajstić information content (AvgIpc) is 2.59. The van der Waals surface area contributed by atoms with Crippen molar-refractivity contribution in [2.24, 2.45) is 0 Å². The fourth-order valence-electron chi connectivity index (χ4n) is 2.36. The molecule has 0 saturated carbocycles. The Morgan fingerprint density at radius 2 is 1.72 bits per heavy atom. The van der Waals surface area contributed by atoms with Crippen molar-refractivity contribution < 1.29 is 19.0 Å². The molecular formula is C20H25NO4. The number of methoxy groups -OCH3 is 1. The zero-order valence-electron chi connectivity index (χ0n) is 15.2. The Morgan fingerprint density at radius 1 is 1.04 bits per heavy atom. The second-order valence-electron chi connectivity index (χ2n) is 6.01. The molecule has 5 nitrogen and oxygen atoms in total. The van der Waals surface area contributed by atoms with E-state index in [1.165, 1.54) is 5.56 Å². The second-order valence-corrected chi connectivity index (χ2v) is 6.01. The topological polar surface area (TPSA) is 56.8 Å². The molecule has 0 radical (unpaired) electrons. The molecule has 2 aromatic carbocycles. The SMILES string of the molecule is COc1ccc(OCC(C)NC(=O)COc2ccc(C)cc2C)cc1. The fraction of sp³-hybridized carbons (Fsp3) is 0.350. The summed E-state index contributed by atoms with van der Waals surface area (Å²) in [7, 11) is 1.62. The molecule has 1 N–H and O–H groups in total. The molecule has 134 valence electrons. The number of ether oxygens (including phenoxy) is 3. The number of hydrogen-bond acceptors (Lipinski definition) is 4. The summed E-state index contributed by atoms with van der Waals surface area (Å²) in [5.74, 6) is 2.05. The van der Waals surface area contributed by atoms with Gasteiger partial charge in [-0.3, -0.25) is 4.79 Å². The predicted octanol–water partition coefficient (Wildman–Crippen LogP) is 3.27. The highest BCUT2D eigenvalue weighted by molar-refractivity contribution is 5.77. The molecule has 1 amide bonds. The summed E-state index contributed by atoms with van der Waals surface area (Å²) in [6.45, 7) is 6.23. The Labute approximate surface area is 148 Å². The van der Waals surface area contributed by atoms with E-state index in [-0.39, 0.29) is 18.6 Å². The maximum Gasteiger partial charge on any atom is 0.258 e. The molecule has 0 saturated heterocycles. The van der Waals surface area contributed by atoms with Crippen LogP contribution in [0.1, 0.15) is 18.1 Å². The number of hydrogen-bond donors (Lipinski definition) is 1. The smallest absolute Gasteiger partial charge is 0.258 e. The first kappa shape index (κ1) is 18.6. The van der Waals surface area contributed by atoms with E-state index in [1.807, 2.05) is 63.2 Å². The maximum absolute atomic E-state index is 12.0. The highest BCUT2D eigenvalue weighted by atomic mass is 16.5. The third-order valence-corrected chi connectivity index (χ3v) is 3.66. The lowest BCUT2D eigenvalue weighted by Gasteiger charge is -2.16. The van der Waals surface area contributed by atoms with E-state index >= 15 is 0 Å². The van der Waals surface area contributed by atoms with Crippen LogP contribution in [0.15, 0.2) is 42.5 Å². The van der Waals surface area contributed by atoms with Crippen molar-refractivity contribution in [3.63, 3.8) is 0 Å². The summed E-state index contributed by atoms with van der Waals surface area (Å²) < 4.78 is 16.3. The molecule has 25 heavy (non-hydrogen) atoms. The van der Waals surface area contributed by atoms with Gasteiger partial charge in [0, 0.05) is 0 Å². The second kappa shape index (κ2) is 8.97. The van der Waals surface area contributed by atoms with Crippen molar-refractivity contribution in [3.8, 4) is 17.2 Å². The van der Waals surface area contributed by atoms with Crippen molar-refractivity contribution in [3.05, 3.63) is 53.6 Å². The van der Waals surface area contributed by atoms with Crippen LogP contribution in [-0.2, 0) is 4.79 Å². The van der Waals surface area contributed by atoms with Crippen molar-refractivity contribution >= 4 is 5.91 Å². The zero-order valence-corrected chi connectivity index (χ0v) is 15.2. The molecule has 0 aliphatic carbocycles. The van der Waals surface area contributed by atoms with Crippen LogP contribution in [0.25, 0.3) is 0 Å². The third kappa shape index (κ3) is 6.03. The first-order valence-corrected chi connectivity index (χ1v) is 8.24. The first-order chi connectivity index (χ1) is 12.0. The van der Waals surface area contributed by atoms with E-state index in [0.29, 0.717) is 6.61 Å². The van der Waals surface area contributed by atoms with E-state index in [0.717, 1.165) is 22.8 Å². The Hall–Kier alpha value is -2.69. The van der Waals surface area contributed by atoms with Crippen molar-refractivity contribution in [2.45, 2.75) is 26.8 Å². The number of nitrogens with one attached hydrogen (secondary N) is 1. The van der Waals surface area contributed by atoms with Gasteiger partial charge >= 0.3 is 0 Å². The lowest BCUT2D eigenvalue weighted by Crippen LogP contribution is -2.39. The van der Waals surface area contributed by atoms with Crippen molar-refractivity contribution in [1.82, 2.24) is 5.32 Å². The van der Waals surface area contributed by atoms with Crippen LogP contribution in [0.2, 0.25) is 0 Å². The summed E-state index contributed by atoms with van der Waals surface area (Å²) in [6.07, 6.45) is 0. The van der Waals surface area contributed by atoms with Gasteiger partial charge in [-0.15, -0.1) is 0 Å². The molecule has 2 aromatic rings. The monoisotopic (exact) mass is 343 g/mol. The minimum atomic E-state index is -0.175. The van der Waals surface area contributed by atoms with Crippen molar-refractivity contribution in [2.75, 3.05) is 20.3 Å². The van der Waals surface area contributed by atoms with Crippen LogP contribution < -0.4 is 19.5 Å². The molecule has 0 spiro atoms. The van der Waals surface area contributed by atoms with Crippen LogP contribution in [0.3, 0.4) is 0 Å². The first-order valence-electron chi connectivity index (χ1n) is 8.24. The maximum atomic E-state index is 12.0. The van der Waals surface area contributed by atoms with Gasteiger partial charge in [0.05, 0.1) is 13.2 Å². The quantitative estimate of drug-likeness (QED) is 0.799. The van der Waals surface area contributed by atoms with Gasteiger partial charge in [0.15, 0.2) is 6.61 Å². The Bertz CT molecular complexity index is 697. The molecule has 0 aliphatic rings. The number of carbonyl (C=O) groups is 1. The van der Waals surface area contributed by atoms with Gasteiger partial charge in [-0.05, 0) is 56.7 Å². The van der Waals surface area contributed by atoms with Gasteiger partial charge in [0.2, 0.25) is 0 Å². The van der Waals surface area contributed by atoms with E-state index in [1.54, 1.807) is 7.11 Å². The summed E-state index contributed by atoms with van der Waals surface area (Å²) in [4.78, 5) is 12.0. The van der Waals surface area contributed by atoms with Gasteiger partial charge in [-0.25, -0.2) is 0 Å². The average molecular weight is 343 g/mol. The van der Waals surface area contributed by atoms with Gasteiger partial charge in [-0.1, -0.05) is 17.7 Å². The molecule has 0 bridgehead atoms. The lowest BCUT2D eigenvalue weighted by atomic mass is 10.1. The van der Waals surface area contributed by atoms with E-state index < -0.39 is 0 Å². The Morgan fingerprint density at radius 3 is 2.36 bits per heavy atom. The molecule has 0 fully saturated rings. The van der Waals surface area contributed by atoms with E-state index in [9.17, 15) is 4.79 Å². The summed E-state index contributed by atoms with van der Waals surface area (Å²) in [6, 6.07) is 13.1. The van der Waals surface area contributed by atoms with Crippen molar-refractivity contribution in [1.29, 1.82) is 0 Å². The number of rotatable bonds is 8. The molecule has 1 atom stereocenters. The van der Waals surface area contributed by atoms with Gasteiger partial charge in [-0.2, -0.15) is 0 Å². The van der Waals surface area contributed by atoms with Crippen LogP contribution in [0.4, 0.5) is 0 Å². The number of carbonyl (C=O) groups excluding carboxylic acids is 1. The minimum absolute atomic E-state index is 0.0171. The lowest BCUT2D eigenvalue weighted by molar-refractivity contribution is -0.123. The van der Waals surface area contributed by atoms with Crippen LogP contribution in [0, 0.1) is 13.8 Å². The van der Waals surface area contributed by atoms with E-state index in [4.69, 9.17) is 14.2 Å². The molecule has 0 aromatic heterocycles. The van der Waals surface area contributed by atoms with Crippen LogP contribution >= 0.6 is 0 Å². The highest BCUT2D eigenvalue weighted by Crippen LogP contribution is 2.19. The van der Waals surface area contributed by atoms with Gasteiger partial charge < -0.3 is 19.5 Å². The minimum Gasteiger partial charge on any atom is -0.497 e. The number of aryl methyl sites for hydroxylation is 2. The Kier molecular flexibility index (Phi) is 6.69. The molecule has 2 rings (SSSR count). The molecule has 0 aliphatic heterocycles. The number of benzene rings is 2. The van der Waals surface area contributed by atoms with Crippen LogP contribution in [-0.4, -0.2) is 32.3 Å². The standard InChI is InChI=1S/C20H25NO4/c1-14-5-10-19(15(2)11-14)25-13-20(22)21-16(3)12-24-18-8-6-17(23-4)7-9-18/h5-11,16H,12-13H2,1-4H3,(H,21,22). The molecule has 0 heterocycles. The molecular weight excluding hydrogens is 318 g/mol. The van der Waals surface area contributed by atoms with Crippen LogP contribution in [0.5, 0.6) is 17.2 Å².